The van der Waals surface area contributed by atoms with Gasteiger partial charge in [-0.3, -0.25) is 14.7 Å². The molecule has 1 aromatic carbocycles. The summed E-state index contributed by atoms with van der Waals surface area (Å²) in [5.74, 6) is 0.0666. The van der Waals surface area contributed by atoms with E-state index in [1.54, 1.807) is 24.2 Å². The topological polar surface area (TPSA) is 48.5 Å². The molecule has 1 aromatic heterocycles. The molecule has 1 N–H and O–H groups in total. The van der Waals surface area contributed by atoms with Crippen LogP contribution in [0, 0.1) is 0 Å². The van der Waals surface area contributed by atoms with Gasteiger partial charge in [-0.1, -0.05) is 29.3 Å². The number of aromatic nitrogens is 1. The smallest absolute Gasteiger partial charge is 0.236 e. The van der Waals surface area contributed by atoms with Gasteiger partial charge in [-0.2, -0.15) is 0 Å². The quantitative estimate of drug-likeness (QED) is 0.849. The summed E-state index contributed by atoms with van der Waals surface area (Å²) >= 11 is 12.1. The van der Waals surface area contributed by atoms with E-state index in [4.69, 9.17) is 23.2 Å². The normalized spacial score (nSPS) is 17.9. The first kappa shape index (κ1) is 19.1. The van der Waals surface area contributed by atoms with E-state index in [0.717, 1.165) is 30.8 Å². The van der Waals surface area contributed by atoms with Gasteiger partial charge in [0.15, 0.2) is 0 Å². The van der Waals surface area contributed by atoms with E-state index < -0.39 is 0 Å². The summed E-state index contributed by atoms with van der Waals surface area (Å²) in [5, 5.41) is 4.55. The number of amides is 1. The standard InChI is InChI=1S/C19H22Cl2N4O/c1-24(12-14-7-16(20)9-17(21)8-14)19(26)13-25-6-5-23-11-18(25)15-3-2-4-22-10-15/h2-4,7-10,18,23H,5-6,11-13H2,1H3. The molecule has 1 atom stereocenters. The Hall–Kier alpha value is -1.66. The molecule has 1 aliphatic heterocycles. The molecule has 3 rings (SSSR count). The first-order chi connectivity index (χ1) is 12.5. The molecule has 1 fully saturated rings. The summed E-state index contributed by atoms with van der Waals surface area (Å²) in [6.07, 6.45) is 3.63. The van der Waals surface area contributed by atoms with Crippen molar-refractivity contribution in [3.63, 3.8) is 0 Å². The fourth-order valence-electron chi connectivity index (χ4n) is 3.20. The van der Waals surface area contributed by atoms with Crippen molar-refractivity contribution in [2.24, 2.45) is 0 Å². The first-order valence-corrected chi connectivity index (χ1v) is 9.32. The Morgan fingerprint density at radius 1 is 1.35 bits per heavy atom. The van der Waals surface area contributed by atoms with Crippen LogP contribution >= 0.6 is 23.2 Å². The van der Waals surface area contributed by atoms with E-state index in [1.165, 1.54) is 0 Å². The second kappa shape index (κ2) is 8.82. The molecule has 1 saturated heterocycles. The Balaban J connectivity index is 1.65. The summed E-state index contributed by atoms with van der Waals surface area (Å²) in [6, 6.07) is 9.49. The van der Waals surface area contributed by atoms with Crippen LogP contribution in [0.4, 0.5) is 0 Å². The predicted molar refractivity (Wildman–Crippen MR) is 104 cm³/mol. The van der Waals surface area contributed by atoms with Crippen molar-refractivity contribution >= 4 is 29.1 Å². The van der Waals surface area contributed by atoms with E-state index >= 15 is 0 Å². The molecule has 26 heavy (non-hydrogen) atoms. The fourth-order valence-corrected chi connectivity index (χ4v) is 3.77. The van der Waals surface area contributed by atoms with Gasteiger partial charge in [-0.25, -0.2) is 0 Å². The average Bonchev–Trinajstić information content (AvgIpc) is 2.62. The number of piperazine rings is 1. The minimum Gasteiger partial charge on any atom is -0.340 e. The molecular weight excluding hydrogens is 371 g/mol. The third-order valence-corrected chi connectivity index (χ3v) is 4.97. The first-order valence-electron chi connectivity index (χ1n) is 8.56. The van der Waals surface area contributed by atoms with Gasteiger partial charge in [0.25, 0.3) is 0 Å². The zero-order valence-electron chi connectivity index (χ0n) is 14.7. The van der Waals surface area contributed by atoms with Gasteiger partial charge in [-0.15, -0.1) is 0 Å². The van der Waals surface area contributed by atoms with E-state index in [1.807, 2.05) is 24.4 Å². The maximum absolute atomic E-state index is 12.7. The Bertz CT molecular complexity index is 736. The lowest BCUT2D eigenvalue weighted by molar-refractivity contribution is -0.132. The highest BCUT2D eigenvalue weighted by Gasteiger charge is 2.26. The molecule has 0 aliphatic carbocycles. The number of nitrogens with zero attached hydrogens (tertiary/aromatic N) is 3. The Labute approximate surface area is 163 Å². The van der Waals surface area contributed by atoms with Gasteiger partial charge in [0.1, 0.15) is 0 Å². The van der Waals surface area contributed by atoms with Crippen LogP contribution in [0.3, 0.4) is 0 Å². The zero-order valence-corrected chi connectivity index (χ0v) is 16.2. The molecule has 0 radical (unpaired) electrons. The van der Waals surface area contributed by atoms with Gasteiger partial charge >= 0.3 is 0 Å². The van der Waals surface area contributed by atoms with Crippen molar-refractivity contribution in [1.82, 2.24) is 20.1 Å². The number of rotatable bonds is 5. The second-order valence-corrected chi connectivity index (χ2v) is 7.38. The van der Waals surface area contributed by atoms with Crippen molar-refractivity contribution in [3.05, 3.63) is 63.9 Å². The number of likely N-dealkylation sites (N-methyl/N-ethyl adjacent to an activating group) is 1. The summed E-state index contributed by atoms with van der Waals surface area (Å²) < 4.78 is 0. The molecule has 7 heteroatoms. The molecule has 1 aliphatic rings. The third kappa shape index (κ3) is 4.95. The van der Waals surface area contributed by atoms with Gasteiger partial charge < -0.3 is 10.2 Å². The van der Waals surface area contributed by atoms with Crippen molar-refractivity contribution in [2.45, 2.75) is 12.6 Å². The molecule has 1 unspecified atom stereocenters. The molecule has 1 amide bonds. The number of hydrogen-bond donors (Lipinski definition) is 1. The lowest BCUT2D eigenvalue weighted by Gasteiger charge is -2.36. The predicted octanol–water partition coefficient (Wildman–Crippen LogP) is 2.99. The van der Waals surface area contributed by atoms with Gasteiger partial charge in [0.05, 0.1) is 6.54 Å². The molecule has 138 valence electrons. The second-order valence-electron chi connectivity index (χ2n) is 6.50. The van der Waals surface area contributed by atoms with Gasteiger partial charge in [0.2, 0.25) is 5.91 Å². The molecule has 2 heterocycles. The summed E-state index contributed by atoms with van der Waals surface area (Å²) in [4.78, 5) is 20.9. The van der Waals surface area contributed by atoms with Crippen molar-refractivity contribution < 1.29 is 4.79 Å². The van der Waals surface area contributed by atoms with Crippen LogP contribution in [0.2, 0.25) is 10.0 Å². The zero-order chi connectivity index (χ0) is 18.5. The number of hydrogen-bond acceptors (Lipinski definition) is 4. The van der Waals surface area contributed by atoms with Crippen LogP contribution in [0.1, 0.15) is 17.2 Å². The summed E-state index contributed by atoms with van der Waals surface area (Å²) in [6.45, 7) is 3.35. The minimum absolute atomic E-state index is 0.0666. The number of halogens is 2. The molecule has 0 spiro atoms. The average molecular weight is 393 g/mol. The number of nitrogens with one attached hydrogen (secondary N) is 1. The molecule has 0 saturated carbocycles. The summed E-state index contributed by atoms with van der Waals surface area (Å²) in [5.41, 5.74) is 2.04. The lowest BCUT2D eigenvalue weighted by atomic mass is 10.1. The van der Waals surface area contributed by atoms with Crippen LogP contribution in [0.25, 0.3) is 0 Å². The molecule has 0 bridgehead atoms. The van der Waals surface area contributed by atoms with E-state index in [2.05, 4.69) is 21.3 Å². The molecule has 5 nitrogen and oxygen atoms in total. The number of pyridine rings is 1. The van der Waals surface area contributed by atoms with Crippen LogP contribution in [-0.4, -0.2) is 53.9 Å². The highest BCUT2D eigenvalue weighted by molar-refractivity contribution is 6.34. The van der Waals surface area contributed by atoms with E-state index in [-0.39, 0.29) is 11.9 Å². The highest BCUT2D eigenvalue weighted by atomic mass is 35.5. The van der Waals surface area contributed by atoms with Crippen molar-refractivity contribution in [3.8, 4) is 0 Å². The molecular formula is C19H22Cl2N4O. The number of benzene rings is 1. The van der Waals surface area contributed by atoms with Crippen LogP contribution in [0.5, 0.6) is 0 Å². The van der Waals surface area contributed by atoms with E-state index in [9.17, 15) is 4.79 Å². The Morgan fingerprint density at radius 3 is 2.81 bits per heavy atom. The van der Waals surface area contributed by atoms with Gasteiger partial charge in [-0.05, 0) is 35.4 Å². The maximum atomic E-state index is 12.7. The largest absolute Gasteiger partial charge is 0.340 e. The van der Waals surface area contributed by atoms with Crippen LogP contribution in [-0.2, 0) is 11.3 Å². The number of carbonyl (C=O) groups excluding carboxylic acids is 1. The maximum Gasteiger partial charge on any atom is 0.236 e. The third-order valence-electron chi connectivity index (χ3n) is 4.53. The highest BCUT2D eigenvalue weighted by Crippen LogP contribution is 2.22. The van der Waals surface area contributed by atoms with Crippen molar-refractivity contribution in [2.75, 3.05) is 33.2 Å². The van der Waals surface area contributed by atoms with Crippen LogP contribution < -0.4 is 5.32 Å². The van der Waals surface area contributed by atoms with Gasteiger partial charge in [0, 0.05) is 61.7 Å². The lowest BCUT2D eigenvalue weighted by Crippen LogP contribution is -2.49. The number of carbonyl (C=O) groups is 1. The molecule has 2 aromatic rings. The fraction of sp³-hybridized carbons (Fsp3) is 0.368. The Morgan fingerprint density at radius 2 is 2.12 bits per heavy atom. The monoisotopic (exact) mass is 392 g/mol. The van der Waals surface area contributed by atoms with Crippen LogP contribution in [0.15, 0.2) is 42.7 Å². The minimum atomic E-state index is 0.0666. The SMILES string of the molecule is CN(Cc1cc(Cl)cc(Cl)c1)C(=O)CN1CCNCC1c1cccnc1. The summed E-state index contributed by atoms with van der Waals surface area (Å²) in [7, 11) is 1.80. The van der Waals surface area contributed by atoms with E-state index in [0.29, 0.717) is 23.1 Å². The Kier molecular flexibility index (Phi) is 6.48. The van der Waals surface area contributed by atoms with Crippen molar-refractivity contribution in [1.29, 1.82) is 0 Å².